The van der Waals surface area contributed by atoms with Gasteiger partial charge in [-0.1, -0.05) is 12.1 Å². The van der Waals surface area contributed by atoms with Crippen molar-refractivity contribution in [2.75, 3.05) is 0 Å². The molecule has 0 bridgehead atoms. The van der Waals surface area contributed by atoms with Crippen molar-refractivity contribution in [3.05, 3.63) is 29.8 Å². The molecule has 1 rings (SSSR count). The van der Waals surface area contributed by atoms with Crippen LogP contribution < -0.4 is 9.84 Å². The number of hydrogen-bond acceptors (Lipinski definition) is 3. The Labute approximate surface area is 77.0 Å². The number of hydrogen-bond donors (Lipinski definition) is 0. The van der Waals surface area contributed by atoms with Crippen LogP contribution in [-0.2, 0) is 0 Å². The van der Waals surface area contributed by atoms with Gasteiger partial charge in [0.2, 0.25) is 0 Å². The van der Waals surface area contributed by atoms with E-state index in [4.69, 9.17) is 4.74 Å². The van der Waals surface area contributed by atoms with Crippen molar-refractivity contribution in [3.8, 4) is 5.75 Å². The fourth-order valence-electron chi connectivity index (χ4n) is 0.992. The molecule has 0 saturated heterocycles. The van der Waals surface area contributed by atoms with Gasteiger partial charge < -0.3 is 14.6 Å². The van der Waals surface area contributed by atoms with Gasteiger partial charge in [0.25, 0.3) is 0 Å². The first-order valence-electron chi connectivity index (χ1n) is 4.08. The molecule has 1 aromatic rings. The predicted molar refractivity (Wildman–Crippen MR) is 46.5 cm³/mol. The summed E-state index contributed by atoms with van der Waals surface area (Å²) in [6.45, 7) is 3.68. The van der Waals surface area contributed by atoms with Gasteiger partial charge in [0, 0.05) is 5.56 Å². The van der Waals surface area contributed by atoms with Gasteiger partial charge >= 0.3 is 0 Å². The highest BCUT2D eigenvalue weighted by Crippen LogP contribution is 2.18. The Kier molecular flexibility index (Phi) is 2.90. The van der Waals surface area contributed by atoms with Crippen molar-refractivity contribution >= 4 is 5.97 Å². The summed E-state index contributed by atoms with van der Waals surface area (Å²) in [5, 5.41) is 10.6. The Morgan fingerprint density at radius 3 is 2.54 bits per heavy atom. The van der Waals surface area contributed by atoms with Crippen LogP contribution >= 0.6 is 0 Å². The summed E-state index contributed by atoms with van der Waals surface area (Å²) in [5.41, 5.74) is 0.0937. The van der Waals surface area contributed by atoms with Crippen LogP contribution in [0.1, 0.15) is 24.2 Å². The summed E-state index contributed by atoms with van der Waals surface area (Å²) >= 11 is 0. The minimum Gasteiger partial charge on any atom is -0.545 e. The fourth-order valence-corrected chi connectivity index (χ4v) is 0.992. The largest absolute Gasteiger partial charge is 0.545 e. The smallest absolute Gasteiger partial charge is 0.128 e. The van der Waals surface area contributed by atoms with Gasteiger partial charge in [-0.25, -0.2) is 0 Å². The van der Waals surface area contributed by atoms with E-state index in [0.29, 0.717) is 5.75 Å². The lowest BCUT2D eigenvalue weighted by Crippen LogP contribution is -2.23. The van der Waals surface area contributed by atoms with Gasteiger partial charge in [-0.05, 0) is 26.0 Å². The van der Waals surface area contributed by atoms with E-state index in [0.717, 1.165) is 0 Å². The maximum Gasteiger partial charge on any atom is 0.128 e. The van der Waals surface area contributed by atoms with Crippen molar-refractivity contribution in [1.29, 1.82) is 0 Å². The van der Waals surface area contributed by atoms with E-state index < -0.39 is 5.97 Å². The number of benzene rings is 1. The molecule has 0 radical (unpaired) electrons. The minimum absolute atomic E-state index is 0.0412. The topological polar surface area (TPSA) is 49.4 Å². The monoisotopic (exact) mass is 179 g/mol. The van der Waals surface area contributed by atoms with Crippen LogP contribution in [0.4, 0.5) is 0 Å². The highest BCUT2D eigenvalue weighted by Gasteiger charge is 2.04. The molecule has 0 amide bonds. The number of carbonyl (C=O) groups is 1. The standard InChI is InChI=1S/C10H12O3/c1-7(2)13-9-6-4-3-5-8(9)10(11)12/h3-7H,1-2H3,(H,11,12)/p-1. The van der Waals surface area contributed by atoms with Gasteiger partial charge in [-0.3, -0.25) is 0 Å². The molecule has 0 N–H and O–H groups in total. The molecule has 3 heteroatoms. The van der Waals surface area contributed by atoms with Crippen molar-refractivity contribution < 1.29 is 14.6 Å². The fraction of sp³-hybridized carbons (Fsp3) is 0.300. The predicted octanol–water partition coefficient (Wildman–Crippen LogP) is 0.837. The van der Waals surface area contributed by atoms with Gasteiger partial charge in [-0.2, -0.15) is 0 Å². The van der Waals surface area contributed by atoms with Gasteiger partial charge in [-0.15, -0.1) is 0 Å². The summed E-state index contributed by atoms with van der Waals surface area (Å²) in [6, 6.07) is 6.45. The van der Waals surface area contributed by atoms with Crippen LogP contribution in [-0.4, -0.2) is 12.1 Å². The van der Waals surface area contributed by atoms with E-state index in [1.165, 1.54) is 6.07 Å². The number of aromatic carboxylic acids is 1. The molecular formula is C10H11O3-. The molecule has 0 atom stereocenters. The number of rotatable bonds is 3. The summed E-state index contributed by atoms with van der Waals surface area (Å²) in [6.07, 6.45) is -0.0412. The average molecular weight is 179 g/mol. The molecule has 0 fully saturated rings. The minimum atomic E-state index is -1.21. The van der Waals surface area contributed by atoms with Gasteiger partial charge in [0.05, 0.1) is 12.1 Å². The summed E-state index contributed by atoms with van der Waals surface area (Å²) < 4.78 is 5.29. The highest BCUT2D eigenvalue weighted by molar-refractivity contribution is 5.89. The molecule has 13 heavy (non-hydrogen) atoms. The maximum absolute atomic E-state index is 10.6. The summed E-state index contributed by atoms with van der Waals surface area (Å²) in [4.78, 5) is 10.6. The van der Waals surface area contributed by atoms with E-state index in [2.05, 4.69) is 0 Å². The van der Waals surface area contributed by atoms with E-state index in [1.807, 2.05) is 13.8 Å². The van der Waals surface area contributed by atoms with Crippen LogP contribution in [0, 0.1) is 0 Å². The lowest BCUT2D eigenvalue weighted by Gasteiger charge is -2.14. The number of carbonyl (C=O) groups excluding carboxylic acids is 1. The van der Waals surface area contributed by atoms with E-state index in [-0.39, 0.29) is 11.7 Å². The lowest BCUT2D eigenvalue weighted by atomic mass is 10.2. The van der Waals surface area contributed by atoms with Crippen LogP contribution in [0.15, 0.2) is 24.3 Å². The molecule has 0 aliphatic rings. The first-order valence-corrected chi connectivity index (χ1v) is 4.08. The average Bonchev–Trinajstić information content (AvgIpc) is 2.03. The molecule has 1 aromatic carbocycles. The SMILES string of the molecule is CC(C)Oc1ccccc1C(=O)[O-]. The van der Waals surface area contributed by atoms with E-state index in [1.54, 1.807) is 18.2 Å². The third kappa shape index (κ3) is 2.47. The Bertz CT molecular complexity index is 305. The zero-order chi connectivity index (χ0) is 9.84. The Morgan fingerprint density at radius 2 is 2.00 bits per heavy atom. The van der Waals surface area contributed by atoms with Crippen molar-refractivity contribution in [1.82, 2.24) is 0 Å². The second-order valence-electron chi connectivity index (χ2n) is 2.95. The summed E-state index contributed by atoms with van der Waals surface area (Å²) in [7, 11) is 0. The second kappa shape index (κ2) is 3.94. The van der Waals surface area contributed by atoms with Crippen molar-refractivity contribution in [2.24, 2.45) is 0 Å². The third-order valence-corrected chi connectivity index (χ3v) is 1.47. The van der Waals surface area contributed by atoms with Crippen LogP contribution in [0.5, 0.6) is 5.75 Å². The lowest BCUT2D eigenvalue weighted by molar-refractivity contribution is -0.255. The van der Waals surface area contributed by atoms with Gasteiger partial charge in [0.1, 0.15) is 5.75 Å². The van der Waals surface area contributed by atoms with E-state index >= 15 is 0 Å². The molecular weight excluding hydrogens is 168 g/mol. The molecule has 0 aliphatic heterocycles. The Balaban J connectivity index is 2.98. The quantitative estimate of drug-likeness (QED) is 0.690. The molecule has 0 spiro atoms. The number of carboxylic acids is 1. The van der Waals surface area contributed by atoms with Crippen molar-refractivity contribution in [3.63, 3.8) is 0 Å². The molecule has 70 valence electrons. The van der Waals surface area contributed by atoms with Crippen LogP contribution in [0.3, 0.4) is 0 Å². The van der Waals surface area contributed by atoms with E-state index in [9.17, 15) is 9.90 Å². The zero-order valence-corrected chi connectivity index (χ0v) is 7.61. The Hall–Kier alpha value is -1.51. The third-order valence-electron chi connectivity index (χ3n) is 1.47. The first-order chi connectivity index (χ1) is 6.11. The number of ether oxygens (including phenoxy) is 1. The summed E-state index contributed by atoms with van der Waals surface area (Å²) in [5.74, 6) is -0.853. The van der Waals surface area contributed by atoms with Crippen LogP contribution in [0.25, 0.3) is 0 Å². The second-order valence-corrected chi connectivity index (χ2v) is 2.95. The van der Waals surface area contributed by atoms with Gasteiger partial charge in [0.15, 0.2) is 0 Å². The molecule has 3 nitrogen and oxygen atoms in total. The molecule has 0 heterocycles. The maximum atomic E-state index is 10.6. The first kappa shape index (κ1) is 9.58. The Morgan fingerprint density at radius 1 is 1.38 bits per heavy atom. The number of para-hydroxylation sites is 1. The zero-order valence-electron chi connectivity index (χ0n) is 7.61. The molecule has 0 aromatic heterocycles. The highest BCUT2D eigenvalue weighted by atomic mass is 16.5. The van der Waals surface area contributed by atoms with Crippen molar-refractivity contribution in [2.45, 2.75) is 20.0 Å². The molecule has 0 aliphatic carbocycles. The molecule has 0 unspecified atom stereocenters. The number of carboxylic acid groups (broad SMARTS) is 1. The normalized spacial score (nSPS) is 10.1. The molecule has 0 saturated carbocycles. The van der Waals surface area contributed by atoms with Crippen LogP contribution in [0.2, 0.25) is 0 Å².